The molecule has 68 valence electrons. The Kier molecular flexibility index (Phi) is 2.46. The van der Waals surface area contributed by atoms with Gasteiger partial charge < -0.3 is 5.11 Å². The van der Waals surface area contributed by atoms with E-state index in [0.29, 0.717) is 0 Å². The molecule has 0 unspecified atom stereocenters. The molecule has 1 aromatic rings. The van der Waals surface area contributed by atoms with E-state index >= 15 is 0 Å². The minimum atomic E-state index is -0.908. The highest BCUT2D eigenvalue weighted by atomic mass is 32.2. The van der Waals surface area contributed by atoms with Gasteiger partial charge in [-0.15, -0.1) is 23.5 Å². The van der Waals surface area contributed by atoms with Gasteiger partial charge in [0.15, 0.2) is 0 Å². The first-order valence-corrected chi connectivity index (χ1v) is 5.84. The van der Waals surface area contributed by atoms with Gasteiger partial charge in [0.2, 0.25) is 0 Å². The van der Waals surface area contributed by atoms with Crippen molar-refractivity contribution in [2.24, 2.45) is 0 Å². The summed E-state index contributed by atoms with van der Waals surface area (Å²) in [4.78, 5) is 15.8. The van der Waals surface area contributed by atoms with Crippen LogP contribution in [0.4, 0.5) is 0 Å². The predicted molar refractivity (Wildman–Crippen MR) is 53.2 cm³/mol. The van der Waals surface area contributed by atoms with Crippen molar-refractivity contribution in [3.8, 4) is 0 Å². The zero-order chi connectivity index (χ0) is 9.26. The van der Waals surface area contributed by atoms with E-state index in [1.807, 2.05) is 0 Å². The minimum absolute atomic E-state index is 0.276. The monoisotopic (exact) mass is 213 g/mol. The van der Waals surface area contributed by atoms with E-state index in [1.165, 1.54) is 6.20 Å². The molecule has 13 heavy (non-hydrogen) atoms. The summed E-state index contributed by atoms with van der Waals surface area (Å²) in [6, 6.07) is 1.70. The molecule has 2 heterocycles. The molecular formula is C8H7NO2S2. The average Bonchev–Trinajstić information content (AvgIpc) is 2.17. The molecule has 0 atom stereocenters. The number of hydrogen-bond donors (Lipinski definition) is 1. The second kappa shape index (κ2) is 3.59. The smallest absolute Gasteiger partial charge is 0.337 e. The third-order valence-electron chi connectivity index (χ3n) is 1.71. The number of aromatic nitrogens is 1. The fourth-order valence-electron chi connectivity index (χ4n) is 1.07. The molecule has 1 N–H and O–H groups in total. The van der Waals surface area contributed by atoms with E-state index in [1.54, 1.807) is 29.6 Å². The lowest BCUT2D eigenvalue weighted by Gasteiger charge is -2.13. The molecule has 0 amide bonds. The zero-order valence-electron chi connectivity index (χ0n) is 6.69. The van der Waals surface area contributed by atoms with Crippen molar-refractivity contribution in [2.75, 3.05) is 5.08 Å². The van der Waals surface area contributed by atoms with Gasteiger partial charge in [-0.1, -0.05) is 0 Å². The number of fused-ring (bicyclic) bond motifs is 1. The fraction of sp³-hybridized carbons (Fsp3) is 0.250. The van der Waals surface area contributed by atoms with Gasteiger partial charge in [0, 0.05) is 21.9 Å². The number of aromatic carboxylic acids is 1. The Morgan fingerprint density at radius 1 is 1.62 bits per heavy atom. The third-order valence-corrected chi connectivity index (χ3v) is 3.99. The lowest BCUT2D eigenvalue weighted by atomic mass is 10.2. The molecule has 0 radical (unpaired) electrons. The second-order valence-electron chi connectivity index (χ2n) is 2.58. The van der Waals surface area contributed by atoms with Crippen molar-refractivity contribution in [1.29, 1.82) is 0 Å². The van der Waals surface area contributed by atoms with E-state index in [0.717, 1.165) is 21.4 Å². The van der Waals surface area contributed by atoms with Crippen molar-refractivity contribution >= 4 is 29.5 Å². The van der Waals surface area contributed by atoms with Crippen LogP contribution < -0.4 is 0 Å². The van der Waals surface area contributed by atoms with E-state index in [9.17, 15) is 4.79 Å². The van der Waals surface area contributed by atoms with E-state index in [2.05, 4.69) is 4.98 Å². The number of rotatable bonds is 1. The topological polar surface area (TPSA) is 50.2 Å². The van der Waals surface area contributed by atoms with Crippen LogP contribution in [-0.2, 0) is 5.75 Å². The van der Waals surface area contributed by atoms with Crippen LogP contribution in [-0.4, -0.2) is 21.1 Å². The highest BCUT2D eigenvalue weighted by Crippen LogP contribution is 2.34. The molecule has 0 saturated heterocycles. The van der Waals surface area contributed by atoms with Crippen LogP contribution in [0.1, 0.15) is 16.1 Å². The average molecular weight is 213 g/mol. The first kappa shape index (κ1) is 8.90. The summed E-state index contributed by atoms with van der Waals surface area (Å²) in [6.07, 6.45) is 1.42. The molecule has 0 saturated carbocycles. The summed E-state index contributed by atoms with van der Waals surface area (Å²) < 4.78 is 0. The molecule has 2 rings (SSSR count). The number of pyridine rings is 1. The summed E-state index contributed by atoms with van der Waals surface area (Å²) in [6.45, 7) is 0. The molecule has 1 aliphatic heterocycles. The summed E-state index contributed by atoms with van der Waals surface area (Å²) in [5.74, 6) is -0.0171. The van der Waals surface area contributed by atoms with Gasteiger partial charge in [0.25, 0.3) is 0 Å². The molecule has 1 aromatic heterocycles. The fourth-order valence-corrected chi connectivity index (χ4v) is 3.26. The summed E-state index contributed by atoms with van der Waals surface area (Å²) in [7, 11) is 0. The number of carboxylic acids is 1. The largest absolute Gasteiger partial charge is 0.478 e. The summed E-state index contributed by atoms with van der Waals surface area (Å²) in [5.41, 5.74) is 1.28. The van der Waals surface area contributed by atoms with E-state index in [4.69, 9.17) is 5.11 Å². The van der Waals surface area contributed by atoms with E-state index < -0.39 is 5.97 Å². The molecule has 0 fully saturated rings. The molecule has 0 bridgehead atoms. The zero-order valence-corrected chi connectivity index (χ0v) is 8.32. The van der Waals surface area contributed by atoms with Crippen LogP contribution in [0.5, 0.6) is 0 Å². The number of nitrogens with zero attached hydrogens (tertiary/aromatic N) is 1. The van der Waals surface area contributed by atoms with Gasteiger partial charge in [-0.3, -0.25) is 4.98 Å². The number of thioether (sulfide) groups is 2. The van der Waals surface area contributed by atoms with Gasteiger partial charge in [-0.2, -0.15) is 0 Å². The lowest BCUT2D eigenvalue weighted by molar-refractivity contribution is 0.0696. The van der Waals surface area contributed by atoms with Crippen molar-refractivity contribution in [2.45, 2.75) is 10.6 Å². The Labute approximate surface area is 83.9 Å². The third kappa shape index (κ3) is 1.81. The predicted octanol–water partition coefficient (Wildman–Crippen LogP) is 2.08. The van der Waals surface area contributed by atoms with Crippen LogP contribution >= 0.6 is 23.5 Å². The maximum atomic E-state index is 10.6. The Balaban J connectivity index is 2.40. The molecule has 5 heteroatoms. The van der Waals surface area contributed by atoms with Gasteiger partial charge in [0.1, 0.15) is 0 Å². The van der Waals surface area contributed by atoms with Gasteiger partial charge in [0.05, 0.1) is 11.3 Å². The Morgan fingerprint density at radius 2 is 2.46 bits per heavy atom. The van der Waals surface area contributed by atoms with Crippen molar-refractivity contribution in [3.63, 3.8) is 0 Å². The van der Waals surface area contributed by atoms with Gasteiger partial charge >= 0.3 is 5.97 Å². The number of carboxylic acid groups (broad SMARTS) is 1. The molecule has 0 aliphatic carbocycles. The maximum Gasteiger partial charge on any atom is 0.337 e. The standard InChI is InChI=1S/C8H7NO2S2/c10-8(11)5-1-7-6(9-2-5)3-12-4-13-7/h1-2H,3-4H2,(H,10,11). The minimum Gasteiger partial charge on any atom is -0.478 e. The van der Waals surface area contributed by atoms with Gasteiger partial charge in [-0.25, -0.2) is 4.79 Å². The lowest BCUT2D eigenvalue weighted by Crippen LogP contribution is -2.02. The molecule has 0 aromatic carbocycles. The Bertz CT molecular complexity index is 354. The number of hydrogen-bond acceptors (Lipinski definition) is 4. The van der Waals surface area contributed by atoms with Crippen molar-refractivity contribution < 1.29 is 9.90 Å². The molecule has 3 nitrogen and oxygen atoms in total. The first-order valence-electron chi connectivity index (χ1n) is 3.70. The highest BCUT2D eigenvalue weighted by Gasteiger charge is 2.13. The normalized spacial score (nSPS) is 15.1. The summed E-state index contributed by atoms with van der Waals surface area (Å²) in [5, 5.41) is 9.72. The highest BCUT2D eigenvalue weighted by molar-refractivity contribution is 8.16. The quantitative estimate of drug-likeness (QED) is 0.774. The number of carbonyl (C=O) groups is 1. The maximum absolute atomic E-state index is 10.6. The summed E-state index contributed by atoms with van der Waals surface area (Å²) >= 11 is 3.46. The van der Waals surface area contributed by atoms with Crippen molar-refractivity contribution in [3.05, 3.63) is 23.5 Å². The molecular weight excluding hydrogens is 206 g/mol. The van der Waals surface area contributed by atoms with Crippen LogP contribution in [0.15, 0.2) is 17.2 Å². The molecule has 0 spiro atoms. The SMILES string of the molecule is O=C(O)c1cnc2c(c1)SCSC2. The van der Waals surface area contributed by atoms with Crippen LogP contribution in [0.25, 0.3) is 0 Å². The van der Waals surface area contributed by atoms with E-state index in [-0.39, 0.29) is 5.56 Å². The molecule has 1 aliphatic rings. The van der Waals surface area contributed by atoms with Crippen LogP contribution in [0, 0.1) is 0 Å². The Morgan fingerprint density at radius 3 is 3.23 bits per heavy atom. The van der Waals surface area contributed by atoms with Crippen LogP contribution in [0.3, 0.4) is 0 Å². The Hall–Kier alpha value is -0.680. The first-order chi connectivity index (χ1) is 6.27. The van der Waals surface area contributed by atoms with Crippen molar-refractivity contribution in [1.82, 2.24) is 4.98 Å². The van der Waals surface area contributed by atoms with Gasteiger partial charge in [-0.05, 0) is 6.07 Å². The second-order valence-corrected chi connectivity index (χ2v) is 4.95. The van der Waals surface area contributed by atoms with Crippen LogP contribution in [0.2, 0.25) is 0 Å².